The average molecular weight is 236 g/mol. The van der Waals surface area contributed by atoms with E-state index >= 15 is 0 Å². The largest absolute Gasteiger partial charge is 0.330 e. The molecular formula is C13H24N4. The molecule has 0 saturated carbocycles. The maximum atomic E-state index is 4.28. The lowest BCUT2D eigenvalue weighted by Gasteiger charge is -2.33. The summed E-state index contributed by atoms with van der Waals surface area (Å²) in [5.41, 5.74) is 1.31. The average Bonchev–Trinajstić information content (AvgIpc) is 2.79. The zero-order valence-electron chi connectivity index (χ0n) is 11.0. The molecule has 1 aliphatic heterocycles. The maximum Gasteiger partial charge on any atom is 0.0951 e. The number of likely N-dealkylation sites (tertiary alicyclic amines) is 1. The van der Waals surface area contributed by atoms with E-state index in [0.29, 0.717) is 6.04 Å². The van der Waals surface area contributed by atoms with Crippen molar-refractivity contribution in [3.05, 3.63) is 18.2 Å². The SMILES string of the molecule is CCCN1CCC(n2cncc2CNC)CC1. The molecule has 1 aliphatic rings. The van der Waals surface area contributed by atoms with Crippen molar-refractivity contribution in [1.29, 1.82) is 0 Å². The highest BCUT2D eigenvalue weighted by atomic mass is 15.2. The van der Waals surface area contributed by atoms with Crippen LogP contribution in [0, 0.1) is 0 Å². The monoisotopic (exact) mass is 236 g/mol. The van der Waals surface area contributed by atoms with Crippen molar-refractivity contribution < 1.29 is 0 Å². The summed E-state index contributed by atoms with van der Waals surface area (Å²) in [6.45, 7) is 6.88. The van der Waals surface area contributed by atoms with E-state index in [-0.39, 0.29) is 0 Å². The minimum atomic E-state index is 0.647. The normalized spacial score (nSPS) is 18.7. The van der Waals surface area contributed by atoms with E-state index in [4.69, 9.17) is 0 Å². The molecular weight excluding hydrogens is 212 g/mol. The van der Waals surface area contributed by atoms with E-state index in [2.05, 4.69) is 26.7 Å². The van der Waals surface area contributed by atoms with E-state index in [1.807, 2.05) is 19.6 Å². The van der Waals surface area contributed by atoms with Crippen LogP contribution in [-0.2, 0) is 6.54 Å². The first-order valence-corrected chi connectivity index (χ1v) is 6.72. The van der Waals surface area contributed by atoms with E-state index in [1.165, 1.54) is 44.6 Å². The Bertz CT molecular complexity index is 326. The van der Waals surface area contributed by atoms with Crippen LogP contribution < -0.4 is 5.32 Å². The number of nitrogens with zero attached hydrogens (tertiary/aromatic N) is 3. The molecule has 17 heavy (non-hydrogen) atoms. The van der Waals surface area contributed by atoms with Gasteiger partial charge < -0.3 is 14.8 Å². The van der Waals surface area contributed by atoms with Gasteiger partial charge in [0.25, 0.3) is 0 Å². The summed E-state index contributed by atoms with van der Waals surface area (Å²) in [5.74, 6) is 0. The van der Waals surface area contributed by atoms with Crippen LogP contribution in [0.2, 0.25) is 0 Å². The third-order valence-corrected chi connectivity index (χ3v) is 3.59. The Hall–Kier alpha value is -0.870. The molecule has 1 fully saturated rings. The van der Waals surface area contributed by atoms with Crippen LogP contribution in [-0.4, -0.2) is 41.1 Å². The minimum absolute atomic E-state index is 0.647. The molecule has 1 N–H and O–H groups in total. The fourth-order valence-corrected chi connectivity index (χ4v) is 2.72. The van der Waals surface area contributed by atoms with E-state index in [9.17, 15) is 0 Å². The number of hydrogen-bond donors (Lipinski definition) is 1. The molecule has 0 aromatic carbocycles. The van der Waals surface area contributed by atoms with Crippen LogP contribution in [0.1, 0.15) is 37.9 Å². The Morgan fingerprint density at radius 1 is 1.41 bits per heavy atom. The van der Waals surface area contributed by atoms with Crippen molar-refractivity contribution in [1.82, 2.24) is 19.8 Å². The van der Waals surface area contributed by atoms with Crippen LogP contribution >= 0.6 is 0 Å². The standard InChI is InChI=1S/C13H24N4/c1-3-6-16-7-4-12(5-8-16)17-11-15-10-13(17)9-14-2/h10-12,14H,3-9H2,1-2H3. The summed E-state index contributed by atoms with van der Waals surface area (Å²) >= 11 is 0. The first kappa shape index (κ1) is 12.6. The summed E-state index contributed by atoms with van der Waals surface area (Å²) in [6.07, 6.45) is 7.75. The number of aromatic nitrogens is 2. The van der Waals surface area contributed by atoms with Crippen molar-refractivity contribution in [2.24, 2.45) is 0 Å². The highest BCUT2D eigenvalue weighted by Crippen LogP contribution is 2.23. The minimum Gasteiger partial charge on any atom is -0.330 e. The van der Waals surface area contributed by atoms with Crippen LogP contribution in [0.15, 0.2) is 12.5 Å². The molecule has 0 unspecified atom stereocenters. The predicted molar refractivity (Wildman–Crippen MR) is 70.0 cm³/mol. The molecule has 0 amide bonds. The number of imidazole rings is 1. The van der Waals surface area contributed by atoms with Crippen molar-refractivity contribution >= 4 is 0 Å². The summed E-state index contributed by atoms with van der Waals surface area (Å²) in [7, 11) is 1.99. The summed E-state index contributed by atoms with van der Waals surface area (Å²) < 4.78 is 2.36. The molecule has 0 spiro atoms. The highest BCUT2D eigenvalue weighted by Gasteiger charge is 2.21. The number of hydrogen-bond acceptors (Lipinski definition) is 3. The van der Waals surface area contributed by atoms with Gasteiger partial charge in [-0.15, -0.1) is 0 Å². The lowest BCUT2D eigenvalue weighted by molar-refractivity contribution is 0.185. The lowest BCUT2D eigenvalue weighted by Crippen LogP contribution is -2.35. The predicted octanol–water partition coefficient (Wildman–Crippen LogP) is 1.65. The molecule has 1 saturated heterocycles. The fourth-order valence-electron chi connectivity index (χ4n) is 2.72. The van der Waals surface area contributed by atoms with Gasteiger partial charge in [0.2, 0.25) is 0 Å². The van der Waals surface area contributed by atoms with Crippen molar-refractivity contribution in [3.8, 4) is 0 Å². The topological polar surface area (TPSA) is 33.1 Å². The van der Waals surface area contributed by atoms with Gasteiger partial charge in [0, 0.05) is 31.9 Å². The van der Waals surface area contributed by atoms with Crippen LogP contribution in [0.3, 0.4) is 0 Å². The summed E-state index contributed by atoms with van der Waals surface area (Å²) in [4.78, 5) is 6.86. The Morgan fingerprint density at radius 2 is 2.18 bits per heavy atom. The van der Waals surface area contributed by atoms with Crippen LogP contribution in [0.5, 0.6) is 0 Å². The molecule has 0 bridgehead atoms. The van der Waals surface area contributed by atoms with Gasteiger partial charge >= 0.3 is 0 Å². The lowest BCUT2D eigenvalue weighted by atomic mass is 10.0. The molecule has 4 heteroatoms. The zero-order chi connectivity index (χ0) is 12.1. The van der Waals surface area contributed by atoms with E-state index in [0.717, 1.165) is 6.54 Å². The van der Waals surface area contributed by atoms with E-state index < -0.39 is 0 Å². The van der Waals surface area contributed by atoms with Gasteiger partial charge in [-0.25, -0.2) is 4.98 Å². The molecule has 2 rings (SSSR count). The highest BCUT2D eigenvalue weighted by molar-refractivity contribution is 5.00. The van der Waals surface area contributed by atoms with Gasteiger partial charge in [-0.1, -0.05) is 6.92 Å². The molecule has 96 valence electrons. The van der Waals surface area contributed by atoms with Crippen molar-refractivity contribution in [2.75, 3.05) is 26.7 Å². The Morgan fingerprint density at radius 3 is 2.82 bits per heavy atom. The number of rotatable bonds is 5. The Labute approximate surface area is 104 Å². The van der Waals surface area contributed by atoms with Gasteiger partial charge in [-0.2, -0.15) is 0 Å². The third kappa shape index (κ3) is 3.07. The van der Waals surface area contributed by atoms with Gasteiger partial charge in [-0.3, -0.25) is 0 Å². The first-order valence-electron chi connectivity index (χ1n) is 6.72. The summed E-state index contributed by atoms with van der Waals surface area (Å²) in [6, 6.07) is 0.647. The molecule has 0 atom stereocenters. The fraction of sp³-hybridized carbons (Fsp3) is 0.769. The number of piperidine rings is 1. The molecule has 1 aromatic rings. The second kappa shape index (κ2) is 6.17. The quantitative estimate of drug-likeness (QED) is 0.844. The molecule has 0 aliphatic carbocycles. The zero-order valence-corrected chi connectivity index (χ0v) is 11.0. The smallest absolute Gasteiger partial charge is 0.0951 e. The molecule has 2 heterocycles. The van der Waals surface area contributed by atoms with Crippen molar-refractivity contribution in [3.63, 3.8) is 0 Å². The van der Waals surface area contributed by atoms with Crippen LogP contribution in [0.25, 0.3) is 0 Å². The molecule has 0 radical (unpaired) electrons. The Kier molecular flexibility index (Phi) is 4.57. The second-order valence-electron chi connectivity index (χ2n) is 4.90. The first-order chi connectivity index (χ1) is 8.35. The van der Waals surface area contributed by atoms with Gasteiger partial charge in [0.1, 0.15) is 0 Å². The van der Waals surface area contributed by atoms with E-state index in [1.54, 1.807) is 0 Å². The van der Waals surface area contributed by atoms with Gasteiger partial charge in [0.15, 0.2) is 0 Å². The van der Waals surface area contributed by atoms with Gasteiger partial charge in [-0.05, 0) is 32.9 Å². The summed E-state index contributed by atoms with van der Waals surface area (Å²) in [5, 5.41) is 3.21. The van der Waals surface area contributed by atoms with Gasteiger partial charge in [0.05, 0.1) is 12.0 Å². The third-order valence-electron chi connectivity index (χ3n) is 3.59. The van der Waals surface area contributed by atoms with Crippen LogP contribution in [0.4, 0.5) is 0 Å². The Balaban J connectivity index is 1.93. The molecule has 4 nitrogen and oxygen atoms in total. The number of nitrogens with one attached hydrogen (secondary N) is 1. The second-order valence-corrected chi connectivity index (χ2v) is 4.90. The maximum absolute atomic E-state index is 4.28. The van der Waals surface area contributed by atoms with Crippen molar-refractivity contribution in [2.45, 2.75) is 38.8 Å². The molecule has 1 aromatic heterocycles.